The van der Waals surface area contributed by atoms with Gasteiger partial charge in [-0.25, -0.2) is 8.78 Å². The third-order valence-electron chi connectivity index (χ3n) is 4.61. The Morgan fingerprint density at radius 1 is 1.12 bits per heavy atom. The lowest BCUT2D eigenvalue weighted by Crippen LogP contribution is -3.12. The third kappa shape index (κ3) is 5.54. The van der Waals surface area contributed by atoms with Gasteiger partial charge < -0.3 is 10.2 Å². The van der Waals surface area contributed by atoms with Crippen LogP contribution in [0.3, 0.4) is 0 Å². The first kappa shape index (κ1) is 18.9. The van der Waals surface area contributed by atoms with Gasteiger partial charge in [0.05, 0.1) is 18.8 Å². The van der Waals surface area contributed by atoms with Gasteiger partial charge in [0.25, 0.3) is 0 Å². The number of piperidine rings is 1. The van der Waals surface area contributed by atoms with E-state index in [1.807, 2.05) is 6.07 Å². The van der Waals surface area contributed by atoms with Gasteiger partial charge in [-0.3, -0.25) is 4.79 Å². The smallest absolute Gasteiger partial charge is 0.230 e. The molecule has 0 saturated carbocycles. The summed E-state index contributed by atoms with van der Waals surface area (Å²) in [6.45, 7) is 3.07. The molecule has 3 nitrogen and oxygen atoms in total. The molecule has 0 aromatic heterocycles. The Kier molecular flexibility index (Phi) is 6.63. The molecule has 1 aliphatic heterocycles. The van der Waals surface area contributed by atoms with E-state index >= 15 is 0 Å². The van der Waals surface area contributed by atoms with Crippen molar-refractivity contribution in [2.45, 2.75) is 30.3 Å². The highest BCUT2D eigenvalue weighted by Gasteiger charge is 2.23. The van der Waals surface area contributed by atoms with Crippen molar-refractivity contribution >= 4 is 17.7 Å². The molecule has 2 N–H and O–H groups in total. The van der Waals surface area contributed by atoms with Crippen LogP contribution in [0.15, 0.2) is 53.4 Å². The van der Waals surface area contributed by atoms with Gasteiger partial charge in [0.2, 0.25) is 5.91 Å². The average Bonchev–Trinajstić information content (AvgIpc) is 2.63. The van der Waals surface area contributed by atoms with Crippen LogP contribution in [0.5, 0.6) is 0 Å². The van der Waals surface area contributed by atoms with Crippen molar-refractivity contribution in [2.75, 3.05) is 18.8 Å². The van der Waals surface area contributed by atoms with Crippen LogP contribution in [0.1, 0.15) is 18.4 Å². The number of quaternary nitrogens is 1. The highest BCUT2D eigenvalue weighted by atomic mass is 32.2. The van der Waals surface area contributed by atoms with E-state index in [1.165, 1.54) is 22.6 Å². The Bertz CT molecular complexity index is 734. The van der Waals surface area contributed by atoms with E-state index < -0.39 is 11.6 Å². The predicted octanol–water partition coefficient (Wildman–Crippen LogP) is 2.42. The van der Waals surface area contributed by atoms with Gasteiger partial charge >= 0.3 is 0 Å². The first-order valence-electron chi connectivity index (χ1n) is 8.85. The molecule has 0 aliphatic carbocycles. The summed E-state index contributed by atoms with van der Waals surface area (Å²) in [4.78, 5) is 13.9. The molecule has 1 amide bonds. The topological polar surface area (TPSA) is 33.5 Å². The molecule has 0 radical (unpaired) electrons. The summed E-state index contributed by atoms with van der Waals surface area (Å²) >= 11 is 1.10. The second-order valence-electron chi connectivity index (χ2n) is 6.62. The Hall–Kier alpha value is -1.92. The van der Waals surface area contributed by atoms with Crippen LogP contribution < -0.4 is 10.2 Å². The zero-order valence-electron chi connectivity index (χ0n) is 14.5. The van der Waals surface area contributed by atoms with Crippen molar-refractivity contribution in [3.05, 3.63) is 65.7 Å². The molecule has 0 unspecified atom stereocenters. The number of hydrogen-bond acceptors (Lipinski definition) is 2. The van der Waals surface area contributed by atoms with Gasteiger partial charge in [-0.1, -0.05) is 30.3 Å². The Balaban J connectivity index is 1.39. The molecule has 3 rings (SSSR count). The minimum Gasteiger partial charge on any atom is -0.352 e. The summed E-state index contributed by atoms with van der Waals surface area (Å²) < 4.78 is 26.5. The number of amides is 1. The first-order chi connectivity index (χ1) is 12.6. The van der Waals surface area contributed by atoms with Crippen molar-refractivity contribution < 1.29 is 18.5 Å². The van der Waals surface area contributed by atoms with Crippen molar-refractivity contribution in [1.82, 2.24) is 5.32 Å². The molecular weight excluding hydrogens is 354 g/mol. The van der Waals surface area contributed by atoms with Crippen LogP contribution in [-0.2, 0) is 11.3 Å². The van der Waals surface area contributed by atoms with Crippen molar-refractivity contribution in [1.29, 1.82) is 0 Å². The van der Waals surface area contributed by atoms with Gasteiger partial charge in [0.1, 0.15) is 18.2 Å². The maximum Gasteiger partial charge on any atom is 0.230 e. The van der Waals surface area contributed by atoms with E-state index in [0.29, 0.717) is 4.90 Å². The average molecular weight is 377 g/mol. The molecule has 0 bridgehead atoms. The maximum atomic E-state index is 13.6. The molecule has 6 heteroatoms. The first-order valence-corrected chi connectivity index (χ1v) is 9.83. The normalized spacial score (nSPS) is 19.9. The molecular formula is C20H23F2N2OS+. The standard InChI is InChI=1S/C20H22F2N2OS/c21-16-6-7-19(18(22)12-16)26-14-20(25)23-17-8-10-24(11-9-17)13-15-4-2-1-3-5-15/h1-7,12,17H,8-11,13-14H2,(H,23,25)/p+1. The lowest BCUT2D eigenvalue weighted by molar-refractivity contribution is -0.918. The molecule has 1 aliphatic rings. The number of carbonyl (C=O) groups is 1. The van der Waals surface area contributed by atoms with Gasteiger partial charge in [-0.2, -0.15) is 0 Å². The summed E-state index contributed by atoms with van der Waals surface area (Å²) in [5, 5.41) is 3.03. The van der Waals surface area contributed by atoms with E-state index in [2.05, 4.69) is 29.6 Å². The summed E-state index contributed by atoms with van der Waals surface area (Å²) in [7, 11) is 0. The minimum atomic E-state index is -0.624. The number of hydrogen-bond donors (Lipinski definition) is 2. The highest BCUT2D eigenvalue weighted by Crippen LogP contribution is 2.22. The number of benzene rings is 2. The van der Waals surface area contributed by atoms with Crippen molar-refractivity contribution in [2.24, 2.45) is 0 Å². The van der Waals surface area contributed by atoms with Crippen LogP contribution >= 0.6 is 11.8 Å². The van der Waals surface area contributed by atoms with Crippen LogP contribution in [0.4, 0.5) is 8.78 Å². The molecule has 138 valence electrons. The lowest BCUT2D eigenvalue weighted by Gasteiger charge is -2.29. The number of rotatable bonds is 6. The fourth-order valence-corrected chi connectivity index (χ4v) is 3.97. The van der Waals surface area contributed by atoms with E-state index in [0.717, 1.165) is 50.3 Å². The second-order valence-corrected chi connectivity index (χ2v) is 7.63. The second kappa shape index (κ2) is 9.14. The quantitative estimate of drug-likeness (QED) is 0.758. The van der Waals surface area contributed by atoms with Gasteiger partial charge in [-0.15, -0.1) is 11.8 Å². The molecule has 0 atom stereocenters. The number of thioether (sulfide) groups is 1. The number of likely N-dealkylation sites (tertiary alicyclic amines) is 1. The molecule has 1 saturated heterocycles. The van der Waals surface area contributed by atoms with Crippen molar-refractivity contribution in [3.8, 4) is 0 Å². The fourth-order valence-electron chi connectivity index (χ4n) is 3.24. The summed E-state index contributed by atoms with van der Waals surface area (Å²) in [6.07, 6.45) is 1.90. The molecule has 1 fully saturated rings. The van der Waals surface area contributed by atoms with Crippen LogP contribution in [0, 0.1) is 11.6 Å². The van der Waals surface area contributed by atoms with E-state index in [9.17, 15) is 13.6 Å². The molecule has 2 aromatic rings. The largest absolute Gasteiger partial charge is 0.352 e. The van der Waals surface area contributed by atoms with Crippen LogP contribution in [0.25, 0.3) is 0 Å². The lowest BCUT2D eigenvalue weighted by atomic mass is 10.0. The Labute approximate surface area is 156 Å². The molecule has 1 heterocycles. The summed E-state index contributed by atoms with van der Waals surface area (Å²) in [6, 6.07) is 14.0. The summed E-state index contributed by atoms with van der Waals surface area (Å²) in [5.41, 5.74) is 1.34. The maximum absolute atomic E-state index is 13.6. The van der Waals surface area contributed by atoms with Gasteiger partial charge in [-0.05, 0) is 12.1 Å². The van der Waals surface area contributed by atoms with E-state index in [1.54, 1.807) is 0 Å². The Morgan fingerprint density at radius 3 is 2.54 bits per heavy atom. The highest BCUT2D eigenvalue weighted by molar-refractivity contribution is 8.00. The molecule has 0 spiro atoms. The number of carbonyl (C=O) groups excluding carboxylic acids is 1. The fraction of sp³-hybridized carbons (Fsp3) is 0.350. The third-order valence-corrected chi connectivity index (χ3v) is 5.66. The number of nitrogens with one attached hydrogen (secondary N) is 2. The van der Waals surface area contributed by atoms with Crippen LogP contribution in [0.2, 0.25) is 0 Å². The minimum absolute atomic E-state index is 0.102. The summed E-state index contributed by atoms with van der Waals surface area (Å²) in [5.74, 6) is -1.20. The van der Waals surface area contributed by atoms with Gasteiger partial charge in [0, 0.05) is 35.4 Å². The van der Waals surface area contributed by atoms with E-state index in [-0.39, 0.29) is 17.7 Å². The molecule has 2 aromatic carbocycles. The van der Waals surface area contributed by atoms with Gasteiger partial charge in [0.15, 0.2) is 0 Å². The van der Waals surface area contributed by atoms with E-state index in [4.69, 9.17) is 0 Å². The zero-order chi connectivity index (χ0) is 18.4. The van der Waals surface area contributed by atoms with Crippen LogP contribution in [-0.4, -0.2) is 30.8 Å². The number of halogens is 2. The monoisotopic (exact) mass is 377 g/mol. The SMILES string of the molecule is O=C(CSc1ccc(F)cc1F)NC1CC[NH+](Cc2ccccc2)CC1. The molecule has 26 heavy (non-hydrogen) atoms. The zero-order valence-corrected chi connectivity index (χ0v) is 15.3. The Morgan fingerprint density at radius 2 is 1.85 bits per heavy atom. The predicted molar refractivity (Wildman–Crippen MR) is 99.1 cm³/mol. The van der Waals surface area contributed by atoms with Crippen molar-refractivity contribution in [3.63, 3.8) is 0 Å².